The molecule has 2 heterocycles. The minimum absolute atomic E-state index is 0.0484. The first-order valence-corrected chi connectivity index (χ1v) is 8.60. The van der Waals surface area contributed by atoms with Crippen molar-refractivity contribution in [2.75, 3.05) is 24.5 Å². The van der Waals surface area contributed by atoms with Crippen molar-refractivity contribution in [2.24, 2.45) is 11.8 Å². The molecule has 0 spiro atoms. The number of carbonyl (C=O) groups is 2. The first kappa shape index (κ1) is 15.5. The molecule has 2 unspecified atom stereocenters. The summed E-state index contributed by atoms with van der Waals surface area (Å²) in [5.41, 5.74) is 1.98. The van der Waals surface area contributed by atoms with E-state index < -0.39 is 0 Å². The topological polar surface area (TPSA) is 40.6 Å². The summed E-state index contributed by atoms with van der Waals surface area (Å²) in [6.07, 6.45) is 1.40. The summed E-state index contributed by atoms with van der Waals surface area (Å²) in [5.74, 6) is 0.578. The van der Waals surface area contributed by atoms with Crippen molar-refractivity contribution in [3.8, 4) is 0 Å². The largest absolute Gasteiger partial charge is 0.342 e. The molecule has 2 atom stereocenters. The Balaban J connectivity index is 1.72. The first-order valence-electron chi connectivity index (χ1n) is 7.81. The number of hydrogen-bond acceptors (Lipinski definition) is 2. The summed E-state index contributed by atoms with van der Waals surface area (Å²) in [4.78, 5) is 28.6. The van der Waals surface area contributed by atoms with Gasteiger partial charge in [-0.2, -0.15) is 0 Å². The van der Waals surface area contributed by atoms with Gasteiger partial charge in [-0.15, -0.1) is 0 Å². The summed E-state index contributed by atoms with van der Waals surface area (Å²) in [6, 6.07) is 5.88. The van der Waals surface area contributed by atoms with Crippen molar-refractivity contribution < 1.29 is 9.59 Å². The van der Waals surface area contributed by atoms with Crippen molar-refractivity contribution in [2.45, 2.75) is 26.7 Å². The number of likely N-dealkylation sites (tertiary alicyclic amines) is 1. The average molecular weight is 365 g/mol. The molecule has 0 radical (unpaired) electrons. The highest BCUT2D eigenvalue weighted by Crippen LogP contribution is 2.30. The number of nitrogens with zero attached hydrogens (tertiary/aromatic N) is 2. The maximum Gasteiger partial charge on any atom is 0.228 e. The Morgan fingerprint density at radius 2 is 2.09 bits per heavy atom. The van der Waals surface area contributed by atoms with Crippen LogP contribution in [0.5, 0.6) is 0 Å². The Hall–Kier alpha value is -1.36. The lowest BCUT2D eigenvalue weighted by Gasteiger charge is -2.21. The highest BCUT2D eigenvalue weighted by Gasteiger charge is 2.38. The van der Waals surface area contributed by atoms with E-state index in [1.54, 1.807) is 4.90 Å². The summed E-state index contributed by atoms with van der Waals surface area (Å²) < 4.78 is 1.03. The van der Waals surface area contributed by atoms with Crippen molar-refractivity contribution >= 4 is 33.4 Å². The van der Waals surface area contributed by atoms with Crippen molar-refractivity contribution in [1.29, 1.82) is 0 Å². The third-order valence-corrected chi connectivity index (χ3v) is 5.55. The molecule has 5 heteroatoms. The lowest BCUT2D eigenvalue weighted by Crippen LogP contribution is -2.35. The number of benzene rings is 1. The second kappa shape index (κ2) is 6.03. The lowest BCUT2D eigenvalue weighted by molar-refractivity contribution is -0.134. The van der Waals surface area contributed by atoms with E-state index in [1.165, 1.54) is 0 Å². The number of hydrogen-bond donors (Lipinski definition) is 0. The zero-order chi connectivity index (χ0) is 15.9. The Kier molecular flexibility index (Phi) is 4.26. The van der Waals surface area contributed by atoms with Crippen LogP contribution in [0.1, 0.15) is 25.3 Å². The number of anilines is 1. The van der Waals surface area contributed by atoms with Gasteiger partial charge in [-0.25, -0.2) is 0 Å². The molecule has 2 fully saturated rings. The number of rotatable bonds is 2. The minimum atomic E-state index is -0.193. The molecule has 0 N–H and O–H groups in total. The maximum absolute atomic E-state index is 12.6. The molecular weight excluding hydrogens is 344 g/mol. The molecular formula is C17H21BrN2O2. The van der Waals surface area contributed by atoms with Gasteiger partial charge in [0, 0.05) is 36.2 Å². The van der Waals surface area contributed by atoms with Crippen molar-refractivity contribution in [3.63, 3.8) is 0 Å². The summed E-state index contributed by atoms with van der Waals surface area (Å²) in [6.45, 7) is 6.35. The fourth-order valence-electron chi connectivity index (χ4n) is 3.31. The second-order valence-electron chi connectivity index (χ2n) is 6.52. The molecule has 0 bridgehead atoms. The van der Waals surface area contributed by atoms with Gasteiger partial charge in [0.25, 0.3) is 0 Å². The number of carbonyl (C=O) groups excluding carboxylic acids is 2. The SMILES string of the molecule is Cc1cc(N2CC(C(=O)N3CCC(C)C3)CC2=O)ccc1Br. The van der Waals surface area contributed by atoms with Gasteiger partial charge in [-0.1, -0.05) is 22.9 Å². The third kappa shape index (κ3) is 2.91. The molecule has 3 rings (SSSR count). The van der Waals surface area contributed by atoms with Crippen LogP contribution in [-0.4, -0.2) is 36.3 Å². The predicted molar refractivity (Wildman–Crippen MR) is 89.7 cm³/mol. The van der Waals surface area contributed by atoms with E-state index >= 15 is 0 Å². The first-order chi connectivity index (χ1) is 10.5. The Bertz CT molecular complexity index is 617. The van der Waals surface area contributed by atoms with Gasteiger partial charge in [0.15, 0.2) is 0 Å². The number of aryl methyl sites for hydroxylation is 1. The van der Waals surface area contributed by atoms with E-state index in [1.807, 2.05) is 30.0 Å². The smallest absolute Gasteiger partial charge is 0.228 e. The quantitative estimate of drug-likeness (QED) is 0.809. The van der Waals surface area contributed by atoms with Gasteiger partial charge in [-0.05, 0) is 43.0 Å². The standard InChI is InChI=1S/C17H21BrN2O2/c1-11-5-6-19(9-11)17(22)13-8-16(21)20(10-13)14-3-4-15(18)12(2)7-14/h3-4,7,11,13H,5-6,8-10H2,1-2H3. The molecule has 1 aromatic carbocycles. The Morgan fingerprint density at radius 3 is 2.73 bits per heavy atom. The second-order valence-corrected chi connectivity index (χ2v) is 7.37. The van der Waals surface area contributed by atoms with E-state index in [0.29, 0.717) is 18.9 Å². The Morgan fingerprint density at radius 1 is 1.32 bits per heavy atom. The van der Waals surface area contributed by atoms with E-state index in [9.17, 15) is 9.59 Å². The molecule has 118 valence electrons. The normalized spacial score (nSPS) is 25.1. The molecule has 0 aromatic heterocycles. The van der Waals surface area contributed by atoms with E-state index in [0.717, 1.165) is 35.2 Å². The van der Waals surface area contributed by atoms with E-state index in [2.05, 4.69) is 22.9 Å². The molecule has 2 aliphatic heterocycles. The van der Waals surface area contributed by atoms with Crippen LogP contribution in [0.2, 0.25) is 0 Å². The van der Waals surface area contributed by atoms with Crippen LogP contribution in [0.4, 0.5) is 5.69 Å². The highest BCUT2D eigenvalue weighted by molar-refractivity contribution is 9.10. The molecule has 0 aliphatic carbocycles. The van der Waals surface area contributed by atoms with Crippen molar-refractivity contribution in [1.82, 2.24) is 4.90 Å². The zero-order valence-electron chi connectivity index (χ0n) is 13.0. The minimum Gasteiger partial charge on any atom is -0.342 e. The van der Waals surface area contributed by atoms with Crippen LogP contribution in [-0.2, 0) is 9.59 Å². The molecule has 4 nitrogen and oxygen atoms in total. The highest BCUT2D eigenvalue weighted by atomic mass is 79.9. The van der Waals surface area contributed by atoms with Gasteiger partial charge in [0.1, 0.15) is 0 Å². The molecule has 2 saturated heterocycles. The van der Waals surface area contributed by atoms with Crippen LogP contribution in [0.25, 0.3) is 0 Å². The summed E-state index contributed by atoms with van der Waals surface area (Å²) in [5, 5.41) is 0. The van der Waals surface area contributed by atoms with Gasteiger partial charge < -0.3 is 9.80 Å². The van der Waals surface area contributed by atoms with E-state index in [4.69, 9.17) is 0 Å². The van der Waals surface area contributed by atoms with Crippen LogP contribution in [0, 0.1) is 18.8 Å². The third-order valence-electron chi connectivity index (χ3n) is 4.66. The summed E-state index contributed by atoms with van der Waals surface area (Å²) in [7, 11) is 0. The molecule has 2 aliphatic rings. The monoisotopic (exact) mass is 364 g/mol. The Labute approximate surface area is 139 Å². The van der Waals surface area contributed by atoms with Crippen LogP contribution >= 0.6 is 15.9 Å². The van der Waals surface area contributed by atoms with Gasteiger partial charge in [-0.3, -0.25) is 9.59 Å². The zero-order valence-corrected chi connectivity index (χ0v) is 14.6. The average Bonchev–Trinajstić information content (AvgIpc) is 3.07. The van der Waals surface area contributed by atoms with Gasteiger partial charge in [0.2, 0.25) is 11.8 Å². The maximum atomic E-state index is 12.6. The van der Waals surface area contributed by atoms with Crippen LogP contribution < -0.4 is 4.90 Å². The number of halogens is 1. The molecule has 22 heavy (non-hydrogen) atoms. The van der Waals surface area contributed by atoms with Gasteiger partial charge >= 0.3 is 0 Å². The fraction of sp³-hybridized carbons (Fsp3) is 0.529. The fourth-order valence-corrected chi connectivity index (χ4v) is 3.56. The lowest BCUT2D eigenvalue weighted by atomic mass is 10.1. The van der Waals surface area contributed by atoms with E-state index in [-0.39, 0.29) is 17.7 Å². The summed E-state index contributed by atoms with van der Waals surface area (Å²) >= 11 is 3.47. The van der Waals surface area contributed by atoms with Crippen LogP contribution in [0.3, 0.4) is 0 Å². The number of amides is 2. The molecule has 0 saturated carbocycles. The molecule has 2 amide bonds. The molecule has 1 aromatic rings. The van der Waals surface area contributed by atoms with Crippen LogP contribution in [0.15, 0.2) is 22.7 Å². The van der Waals surface area contributed by atoms with Crippen molar-refractivity contribution in [3.05, 3.63) is 28.2 Å². The predicted octanol–water partition coefficient (Wildman–Crippen LogP) is 2.98. The van der Waals surface area contributed by atoms with Gasteiger partial charge in [0.05, 0.1) is 5.92 Å².